The Hall–Kier alpha value is -2.16. The molecule has 6 nitrogen and oxygen atoms in total. The van der Waals surface area contributed by atoms with Gasteiger partial charge in [-0.1, -0.05) is 77.4 Å². The lowest BCUT2D eigenvalue weighted by Gasteiger charge is -2.21. The number of rotatable bonds is 10. The number of Topliss-reactive ketones (excluding diaryl/α,β-unsaturated/α-hetero) is 1. The molecule has 0 radical (unpaired) electrons. The number of hydrogen-bond donors (Lipinski definition) is 1. The molecule has 3 aromatic rings. The van der Waals surface area contributed by atoms with Crippen molar-refractivity contribution in [2.24, 2.45) is 5.92 Å². The summed E-state index contributed by atoms with van der Waals surface area (Å²) in [5, 5.41) is 12.9. The van der Waals surface area contributed by atoms with Crippen molar-refractivity contribution in [1.82, 2.24) is 20.1 Å². The zero-order chi connectivity index (χ0) is 24.0. The summed E-state index contributed by atoms with van der Waals surface area (Å²) in [6, 6.07) is 13.9. The van der Waals surface area contributed by atoms with Crippen molar-refractivity contribution in [3.05, 3.63) is 75.0 Å². The molecule has 0 aliphatic rings. The smallest absolute Gasteiger partial charge is 0.253 e. The van der Waals surface area contributed by atoms with E-state index >= 15 is 0 Å². The molecule has 2 aromatic carbocycles. The molecule has 1 aromatic heterocycles. The minimum atomic E-state index is -0.335. The third kappa shape index (κ3) is 6.68. The van der Waals surface area contributed by atoms with Crippen LogP contribution in [0.4, 0.5) is 0 Å². The van der Waals surface area contributed by atoms with Crippen LogP contribution in [0.15, 0.2) is 58.2 Å². The summed E-state index contributed by atoms with van der Waals surface area (Å²) in [7, 11) is 0. The van der Waals surface area contributed by atoms with Crippen LogP contribution in [-0.2, 0) is 6.54 Å². The lowest BCUT2D eigenvalue weighted by molar-refractivity contribution is 0.0928. The highest BCUT2D eigenvalue weighted by Crippen LogP contribution is 2.26. The number of ketones is 1. The molecule has 9 heteroatoms. The highest BCUT2D eigenvalue weighted by molar-refractivity contribution is 9.10. The summed E-state index contributed by atoms with van der Waals surface area (Å²) in [5.41, 5.74) is 1.07. The van der Waals surface area contributed by atoms with Gasteiger partial charge in [0, 0.05) is 16.6 Å². The first-order valence-corrected chi connectivity index (χ1v) is 12.9. The molecule has 0 saturated carbocycles. The third-order valence-electron chi connectivity index (χ3n) is 5.00. The Morgan fingerprint density at radius 2 is 1.82 bits per heavy atom. The van der Waals surface area contributed by atoms with E-state index in [1.54, 1.807) is 36.4 Å². The first-order valence-electron chi connectivity index (χ1n) is 10.7. The fourth-order valence-electron chi connectivity index (χ4n) is 3.39. The Morgan fingerprint density at radius 1 is 1.12 bits per heavy atom. The number of nitrogens with one attached hydrogen (secondary N) is 1. The van der Waals surface area contributed by atoms with E-state index < -0.39 is 0 Å². The van der Waals surface area contributed by atoms with E-state index in [0.717, 1.165) is 4.47 Å². The van der Waals surface area contributed by atoms with Crippen molar-refractivity contribution in [2.45, 2.75) is 44.9 Å². The van der Waals surface area contributed by atoms with Crippen molar-refractivity contribution in [2.75, 3.05) is 5.75 Å². The molecule has 1 amide bonds. The fourth-order valence-corrected chi connectivity index (χ4v) is 4.78. The highest BCUT2D eigenvalue weighted by atomic mass is 79.9. The molecular weight excluding hydrogens is 524 g/mol. The van der Waals surface area contributed by atoms with Gasteiger partial charge in [-0.15, -0.1) is 10.2 Å². The van der Waals surface area contributed by atoms with Crippen LogP contribution in [0.2, 0.25) is 5.02 Å². The number of carbonyl (C=O) groups is 2. The second kappa shape index (κ2) is 11.8. The molecule has 0 bridgehead atoms. The van der Waals surface area contributed by atoms with E-state index in [1.807, 2.05) is 23.6 Å². The van der Waals surface area contributed by atoms with Crippen molar-refractivity contribution < 1.29 is 9.59 Å². The van der Waals surface area contributed by atoms with Gasteiger partial charge in [0.15, 0.2) is 16.8 Å². The van der Waals surface area contributed by atoms with Crippen molar-refractivity contribution >= 4 is 51.0 Å². The summed E-state index contributed by atoms with van der Waals surface area (Å²) in [4.78, 5) is 25.5. The Bertz CT molecular complexity index is 1120. The van der Waals surface area contributed by atoms with E-state index in [2.05, 4.69) is 45.3 Å². The van der Waals surface area contributed by atoms with Crippen LogP contribution in [0.3, 0.4) is 0 Å². The van der Waals surface area contributed by atoms with Crippen LogP contribution in [0.1, 0.15) is 59.8 Å². The molecule has 33 heavy (non-hydrogen) atoms. The maximum atomic E-state index is 12.9. The van der Waals surface area contributed by atoms with Crippen LogP contribution >= 0.6 is 39.3 Å². The van der Waals surface area contributed by atoms with Gasteiger partial charge < -0.3 is 9.88 Å². The summed E-state index contributed by atoms with van der Waals surface area (Å²) >= 11 is 10.9. The Morgan fingerprint density at radius 3 is 2.45 bits per heavy atom. The quantitative estimate of drug-likeness (QED) is 0.240. The lowest BCUT2D eigenvalue weighted by atomic mass is 10.0. The maximum Gasteiger partial charge on any atom is 0.253 e. The summed E-state index contributed by atoms with van der Waals surface area (Å²) in [6.07, 6.45) is 0.691. The zero-order valence-electron chi connectivity index (χ0n) is 18.7. The second-order valence-electron chi connectivity index (χ2n) is 7.94. The van der Waals surface area contributed by atoms with Crippen LogP contribution in [0, 0.1) is 5.92 Å². The first-order chi connectivity index (χ1) is 15.8. The van der Waals surface area contributed by atoms with Gasteiger partial charge in [-0.3, -0.25) is 9.59 Å². The summed E-state index contributed by atoms with van der Waals surface area (Å²) in [5.74, 6) is 1.01. The van der Waals surface area contributed by atoms with E-state index in [0.29, 0.717) is 46.0 Å². The normalized spacial score (nSPS) is 12.1. The van der Waals surface area contributed by atoms with Gasteiger partial charge in [-0.05, 0) is 43.5 Å². The molecule has 0 aliphatic heterocycles. The molecule has 1 unspecified atom stereocenters. The molecule has 0 fully saturated rings. The maximum absolute atomic E-state index is 12.9. The molecule has 3 rings (SSSR count). The van der Waals surface area contributed by atoms with Crippen molar-refractivity contribution in [3.63, 3.8) is 0 Å². The summed E-state index contributed by atoms with van der Waals surface area (Å²) < 4.78 is 2.89. The minimum absolute atomic E-state index is 0.0189. The predicted octanol–water partition coefficient (Wildman–Crippen LogP) is 6.21. The Labute approximate surface area is 211 Å². The average molecular weight is 550 g/mol. The standard InChI is InChI=1S/C24H26BrClN4O2S/c1-4-30-22(20(13-15(2)3)27-23(32)18-7-5-6-8-19(18)26)28-29-24(30)33-14-21(31)16-9-11-17(25)12-10-16/h5-12,15,20H,4,13-14H2,1-3H3,(H,27,32). The number of amides is 1. The lowest BCUT2D eigenvalue weighted by Crippen LogP contribution is -2.31. The number of carbonyl (C=O) groups excluding carboxylic acids is 2. The van der Waals surface area contributed by atoms with Gasteiger partial charge in [-0.25, -0.2) is 0 Å². The van der Waals surface area contributed by atoms with Gasteiger partial charge in [0.05, 0.1) is 22.4 Å². The van der Waals surface area contributed by atoms with Gasteiger partial charge in [0.25, 0.3) is 5.91 Å². The molecule has 1 N–H and O–H groups in total. The van der Waals surface area contributed by atoms with Crippen LogP contribution in [-0.4, -0.2) is 32.2 Å². The number of nitrogens with zero attached hydrogens (tertiary/aromatic N) is 3. The SMILES string of the molecule is CCn1c(SCC(=O)c2ccc(Br)cc2)nnc1C(CC(C)C)NC(=O)c1ccccc1Cl. The number of halogens is 2. The van der Waals surface area contributed by atoms with Gasteiger partial charge in [-0.2, -0.15) is 0 Å². The second-order valence-corrected chi connectivity index (χ2v) is 10.2. The Balaban J connectivity index is 1.79. The monoisotopic (exact) mass is 548 g/mol. The number of aromatic nitrogens is 3. The van der Waals surface area contributed by atoms with Gasteiger partial charge in [0.2, 0.25) is 0 Å². The van der Waals surface area contributed by atoms with Crippen LogP contribution < -0.4 is 5.32 Å². The molecule has 1 atom stereocenters. The predicted molar refractivity (Wildman–Crippen MR) is 136 cm³/mol. The average Bonchev–Trinajstić information content (AvgIpc) is 3.20. The number of benzene rings is 2. The third-order valence-corrected chi connectivity index (χ3v) is 6.83. The molecule has 174 valence electrons. The molecular formula is C24H26BrClN4O2S. The Kier molecular flexibility index (Phi) is 9.11. The highest BCUT2D eigenvalue weighted by Gasteiger charge is 2.25. The van der Waals surface area contributed by atoms with Crippen molar-refractivity contribution in [3.8, 4) is 0 Å². The molecule has 0 spiro atoms. The van der Waals surface area contributed by atoms with E-state index in [4.69, 9.17) is 11.6 Å². The molecule has 1 heterocycles. The largest absolute Gasteiger partial charge is 0.342 e. The minimum Gasteiger partial charge on any atom is -0.342 e. The fraction of sp³-hybridized carbons (Fsp3) is 0.333. The van der Waals surface area contributed by atoms with E-state index in [9.17, 15) is 9.59 Å². The van der Waals surface area contributed by atoms with E-state index in [-0.39, 0.29) is 23.5 Å². The topological polar surface area (TPSA) is 76.9 Å². The first kappa shape index (κ1) is 25.5. The number of hydrogen-bond acceptors (Lipinski definition) is 5. The number of thioether (sulfide) groups is 1. The molecule has 0 saturated heterocycles. The van der Waals surface area contributed by atoms with Crippen LogP contribution in [0.25, 0.3) is 0 Å². The van der Waals surface area contributed by atoms with Crippen LogP contribution in [0.5, 0.6) is 0 Å². The van der Waals surface area contributed by atoms with Crippen molar-refractivity contribution in [1.29, 1.82) is 0 Å². The van der Waals surface area contributed by atoms with E-state index in [1.165, 1.54) is 11.8 Å². The van der Waals surface area contributed by atoms with Gasteiger partial charge >= 0.3 is 0 Å². The van der Waals surface area contributed by atoms with Gasteiger partial charge in [0.1, 0.15) is 0 Å². The summed E-state index contributed by atoms with van der Waals surface area (Å²) in [6.45, 7) is 6.80. The zero-order valence-corrected chi connectivity index (χ0v) is 21.9. The molecule has 0 aliphatic carbocycles.